The summed E-state index contributed by atoms with van der Waals surface area (Å²) >= 11 is 1.68. The first-order valence-electron chi connectivity index (χ1n) is 7.76. The average Bonchev–Trinajstić information content (AvgIpc) is 3.19. The summed E-state index contributed by atoms with van der Waals surface area (Å²) in [6, 6.07) is 7.44. The van der Waals surface area contributed by atoms with Gasteiger partial charge in [0.05, 0.1) is 11.4 Å². The Balaban J connectivity index is 1.49. The maximum Gasteiger partial charge on any atom is 0.248 e. The summed E-state index contributed by atoms with van der Waals surface area (Å²) in [7, 11) is 0. The molecule has 23 heavy (non-hydrogen) atoms. The van der Waals surface area contributed by atoms with E-state index in [1.807, 2.05) is 18.2 Å². The van der Waals surface area contributed by atoms with Crippen LogP contribution in [0.5, 0.6) is 0 Å². The molecule has 2 heterocycles. The second-order valence-corrected chi connectivity index (χ2v) is 6.81. The van der Waals surface area contributed by atoms with Gasteiger partial charge in [0.1, 0.15) is 0 Å². The van der Waals surface area contributed by atoms with Crippen molar-refractivity contribution >= 4 is 22.2 Å². The Kier molecular flexibility index (Phi) is 3.63. The lowest BCUT2D eigenvalue weighted by molar-refractivity contribution is 0.1000. The quantitative estimate of drug-likeness (QED) is 0.731. The highest BCUT2D eigenvalue weighted by Crippen LogP contribution is 2.41. The third-order valence-electron chi connectivity index (χ3n) is 4.19. The standard InChI is InChI=1S/C17H18N4OS/c18-16(22)13-3-1-2-11(8-13)9-19-10-14-15(12-4-5-12)20-17-21(14)6-7-23-17/h1-3,6-8,12,19H,4-5,9-10H2,(H2,18,22). The number of hydrogen-bond acceptors (Lipinski definition) is 4. The zero-order chi connectivity index (χ0) is 15.8. The molecule has 0 saturated heterocycles. The van der Waals surface area contributed by atoms with Crippen molar-refractivity contribution in [3.63, 3.8) is 0 Å². The van der Waals surface area contributed by atoms with Gasteiger partial charge in [-0.05, 0) is 30.5 Å². The number of carbonyl (C=O) groups is 1. The number of amides is 1. The predicted octanol–water partition coefficient (Wildman–Crippen LogP) is 2.66. The summed E-state index contributed by atoms with van der Waals surface area (Å²) in [5.74, 6) is 0.246. The zero-order valence-electron chi connectivity index (χ0n) is 12.7. The number of thiazole rings is 1. The normalized spacial score (nSPS) is 14.4. The number of rotatable bonds is 6. The van der Waals surface area contributed by atoms with E-state index in [1.165, 1.54) is 24.2 Å². The Bertz CT molecular complexity index is 862. The number of carbonyl (C=O) groups excluding carboxylic acids is 1. The largest absolute Gasteiger partial charge is 0.366 e. The van der Waals surface area contributed by atoms with Gasteiger partial charge in [-0.2, -0.15) is 0 Å². The molecule has 1 saturated carbocycles. The second kappa shape index (κ2) is 5.79. The summed E-state index contributed by atoms with van der Waals surface area (Å²) in [6.07, 6.45) is 4.58. The molecule has 1 amide bonds. The van der Waals surface area contributed by atoms with E-state index in [-0.39, 0.29) is 0 Å². The topological polar surface area (TPSA) is 72.4 Å². The van der Waals surface area contributed by atoms with Crippen LogP contribution < -0.4 is 11.1 Å². The molecule has 4 rings (SSSR count). The number of aromatic nitrogens is 2. The number of benzene rings is 1. The van der Waals surface area contributed by atoms with Gasteiger partial charge in [-0.1, -0.05) is 12.1 Å². The molecular formula is C17H18N4OS. The average molecular weight is 326 g/mol. The van der Waals surface area contributed by atoms with Gasteiger partial charge in [-0.15, -0.1) is 11.3 Å². The number of imidazole rings is 1. The van der Waals surface area contributed by atoms with Gasteiger partial charge in [-0.3, -0.25) is 9.20 Å². The van der Waals surface area contributed by atoms with Crippen LogP contribution in [0.25, 0.3) is 4.96 Å². The van der Waals surface area contributed by atoms with Crippen LogP contribution in [0.2, 0.25) is 0 Å². The molecule has 1 fully saturated rings. The van der Waals surface area contributed by atoms with Crippen LogP contribution in [-0.4, -0.2) is 15.3 Å². The maximum absolute atomic E-state index is 11.2. The van der Waals surface area contributed by atoms with Crippen molar-refractivity contribution in [3.8, 4) is 0 Å². The summed E-state index contributed by atoms with van der Waals surface area (Å²) in [5.41, 5.74) is 9.44. The fourth-order valence-corrected chi connectivity index (χ4v) is 3.61. The van der Waals surface area contributed by atoms with Gasteiger partial charge < -0.3 is 11.1 Å². The van der Waals surface area contributed by atoms with Gasteiger partial charge in [0, 0.05) is 36.1 Å². The smallest absolute Gasteiger partial charge is 0.248 e. The Hall–Kier alpha value is -2.18. The molecule has 1 aliphatic rings. The Morgan fingerprint density at radius 2 is 2.26 bits per heavy atom. The van der Waals surface area contributed by atoms with Gasteiger partial charge >= 0.3 is 0 Å². The molecule has 0 bridgehead atoms. The van der Waals surface area contributed by atoms with Crippen molar-refractivity contribution in [2.45, 2.75) is 31.8 Å². The van der Waals surface area contributed by atoms with Crippen LogP contribution in [0, 0.1) is 0 Å². The molecule has 118 valence electrons. The monoisotopic (exact) mass is 326 g/mol. The third-order valence-corrected chi connectivity index (χ3v) is 4.95. The molecular weight excluding hydrogens is 308 g/mol. The van der Waals surface area contributed by atoms with Crippen molar-refractivity contribution in [1.29, 1.82) is 0 Å². The van der Waals surface area contributed by atoms with E-state index in [2.05, 4.69) is 21.3 Å². The minimum absolute atomic E-state index is 0.390. The first-order valence-corrected chi connectivity index (χ1v) is 8.64. The SMILES string of the molecule is NC(=O)c1cccc(CNCc2c(C3CC3)nc3sccn23)c1. The molecule has 3 aromatic rings. The minimum atomic E-state index is -0.390. The highest BCUT2D eigenvalue weighted by molar-refractivity contribution is 7.15. The molecule has 0 unspecified atom stereocenters. The third kappa shape index (κ3) is 2.87. The number of fused-ring (bicyclic) bond motifs is 1. The van der Waals surface area contributed by atoms with Crippen molar-refractivity contribution in [1.82, 2.24) is 14.7 Å². The number of primary amides is 1. The first kappa shape index (κ1) is 14.4. The molecule has 1 aliphatic carbocycles. The molecule has 0 spiro atoms. The number of nitrogens with zero attached hydrogens (tertiary/aromatic N) is 2. The lowest BCUT2D eigenvalue weighted by Gasteiger charge is -2.07. The molecule has 0 radical (unpaired) electrons. The number of nitrogens with two attached hydrogens (primary N) is 1. The fraction of sp³-hybridized carbons (Fsp3) is 0.294. The van der Waals surface area contributed by atoms with Gasteiger partial charge in [-0.25, -0.2) is 4.98 Å². The second-order valence-electron chi connectivity index (χ2n) is 5.94. The summed E-state index contributed by atoms with van der Waals surface area (Å²) in [5, 5.41) is 5.54. The molecule has 3 N–H and O–H groups in total. The minimum Gasteiger partial charge on any atom is -0.366 e. The van der Waals surface area contributed by atoms with E-state index in [0.717, 1.165) is 17.1 Å². The number of hydrogen-bond donors (Lipinski definition) is 2. The molecule has 1 aromatic carbocycles. The van der Waals surface area contributed by atoms with Crippen molar-refractivity contribution < 1.29 is 4.79 Å². The van der Waals surface area contributed by atoms with E-state index in [1.54, 1.807) is 17.4 Å². The molecule has 6 heteroatoms. The number of nitrogens with one attached hydrogen (secondary N) is 1. The Morgan fingerprint density at radius 3 is 3.04 bits per heavy atom. The lowest BCUT2D eigenvalue weighted by Crippen LogP contribution is -2.16. The lowest BCUT2D eigenvalue weighted by atomic mass is 10.1. The van der Waals surface area contributed by atoms with Crippen molar-refractivity contribution in [2.75, 3.05) is 0 Å². The first-order chi connectivity index (χ1) is 11.2. The summed E-state index contributed by atoms with van der Waals surface area (Å²) in [6.45, 7) is 1.47. The summed E-state index contributed by atoms with van der Waals surface area (Å²) in [4.78, 5) is 17.1. The van der Waals surface area contributed by atoms with Crippen molar-refractivity contribution in [3.05, 3.63) is 58.4 Å². The van der Waals surface area contributed by atoms with Crippen LogP contribution in [-0.2, 0) is 13.1 Å². The summed E-state index contributed by atoms with van der Waals surface area (Å²) < 4.78 is 2.19. The van der Waals surface area contributed by atoms with Crippen LogP contribution in [0.15, 0.2) is 35.8 Å². The highest BCUT2D eigenvalue weighted by Gasteiger charge is 2.30. The predicted molar refractivity (Wildman–Crippen MR) is 90.5 cm³/mol. The molecule has 2 aromatic heterocycles. The van der Waals surface area contributed by atoms with E-state index < -0.39 is 5.91 Å². The maximum atomic E-state index is 11.2. The molecule has 5 nitrogen and oxygen atoms in total. The van der Waals surface area contributed by atoms with Gasteiger partial charge in [0.25, 0.3) is 0 Å². The van der Waals surface area contributed by atoms with E-state index >= 15 is 0 Å². The molecule has 0 atom stereocenters. The van der Waals surface area contributed by atoms with Gasteiger partial charge in [0.2, 0.25) is 5.91 Å². The van der Waals surface area contributed by atoms with E-state index in [0.29, 0.717) is 18.0 Å². The van der Waals surface area contributed by atoms with Crippen molar-refractivity contribution in [2.24, 2.45) is 5.73 Å². The Labute approximate surface area is 138 Å². The van der Waals surface area contributed by atoms with E-state index in [9.17, 15) is 4.79 Å². The van der Waals surface area contributed by atoms with Crippen LogP contribution in [0.1, 0.15) is 46.1 Å². The highest BCUT2D eigenvalue weighted by atomic mass is 32.1. The molecule has 0 aliphatic heterocycles. The Morgan fingerprint density at radius 1 is 1.39 bits per heavy atom. The fourth-order valence-electron chi connectivity index (χ4n) is 2.87. The van der Waals surface area contributed by atoms with Crippen LogP contribution >= 0.6 is 11.3 Å². The van der Waals surface area contributed by atoms with Crippen LogP contribution in [0.4, 0.5) is 0 Å². The van der Waals surface area contributed by atoms with E-state index in [4.69, 9.17) is 10.7 Å². The van der Waals surface area contributed by atoms with Crippen LogP contribution in [0.3, 0.4) is 0 Å². The van der Waals surface area contributed by atoms with Gasteiger partial charge in [0.15, 0.2) is 4.96 Å². The zero-order valence-corrected chi connectivity index (χ0v) is 13.5.